The largest absolute Gasteiger partial charge is 0.388 e. The van der Waals surface area contributed by atoms with Crippen LogP contribution in [0.5, 0.6) is 0 Å². The quantitative estimate of drug-likeness (QED) is 0.729. The van der Waals surface area contributed by atoms with Gasteiger partial charge in [0, 0.05) is 0 Å². The van der Waals surface area contributed by atoms with Crippen molar-refractivity contribution in [2.24, 2.45) is 0 Å². The second kappa shape index (κ2) is 5.79. The van der Waals surface area contributed by atoms with Crippen molar-refractivity contribution in [1.82, 2.24) is 0 Å². The molecule has 110 valence electrons. The van der Waals surface area contributed by atoms with Crippen LogP contribution in [0.15, 0.2) is 24.3 Å². The molecule has 5 heteroatoms. The zero-order valence-corrected chi connectivity index (χ0v) is 11.4. The standard InChI is InChI=1S/C15H20O5/c1-9-13(16)15-14(17)12(20-9)8-18-6-10-4-2-3-5-11(10)7-19-15/h2-5,9,12-17H,6-8H2,1H3/t9-,12?,13?,14+,15-/m0/s1. The molecule has 0 radical (unpaired) electrons. The zero-order valence-electron chi connectivity index (χ0n) is 11.4. The first kappa shape index (κ1) is 14.0. The molecule has 5 atom stereocenters. The summed E-state index contributed by atoms with van der Waals surface area (Å²) in [5.74, 6) is 0. The smallest absolute Gasteiger partial charge is 0.115 e. The summed E-state index contributed by atoms with van der Waals surface area (Å²) in [5, 5.41) is 20.4. The number of aliphatic hydroxyl groups excluding tert-OH is 2. The molecular weight excluding hydrogens is 260 g/mol. The van der Waals surface area contributed by atoms with E-state index in [4.69, 9.17) is 14.2 Å². The Morgan fingerprint density at radius 2 is 1.75 bits per heavy atom. The highest BCUT2D eigenvalue weighted by Crippen LogP contribution is 2.26. The zero-order chi connectivity index (χ0) is 14.1. The molecule has 0 aliphatic carbocycles. The van der Waals surface area contributed by atoms with Crippen molar-refractivity contribution in [2.75, 3.05) is 6.61 Å². The van der Waals surface area contributed by atoms with E-state index in [0.717, 1.165) is 11.1 Å². The molecule has 2 bridgehead atoms. The Hall–Kier alpha value is -0.980. The van der Waals surface area contributed by atoms with Gasteiger partial charge in [-0.1, -0.05) is 24.3 Å². The topological polar surface area (TPSA) is 68.2 Å². The number of fused-ring (bicyclic) bond motifs is 3. The van der Waals surface area contributed by atoms with Crippen LogP contribution in [-0.2, 0) is 27.4 Å². The van der Waals surface area contributed by atoms with E-state index in [1.54, 1.807) is 6.92 Å². The molecule has 0 spiro atoms. The van der Waals surface area contributed by atoms with E-state index in [1.807, 2.05) is 24.3 Å². The van der Waals surface area contributed by atoms with E-state index in [1.165, 1.54) is 0 Å². The minimum Gasteiger partial charge on any atom is -0.388 e. The molecule has 5 nitrogen and oxygen atoms in total. The first-order valence-corrected chi connectivity index (χ1v) is 6.94. The Kier molecular flexibility index (Phi) is 4.05. The monoisotopic (exact) mass is 280 g/mol. The maximum absolute atomic E-state index is 10.3. The van der Waals surface area contributed by atoms with Crippen LogP contribution < -0.4 is 0 Å². The van der Waals surface area contributed by atoms with Crippen molar-refractivity contribution in [1.29, 1.82) is 0 Å². The SMILES string of the molecule is C[C@@H]1OC2COCc3ccccc3CO[C@@H](C1O)[C@@H]2O. The number of aliphatic hydroxyl groups is 2. The molecule has 2 heterocycles. The highest BCUT2D eigenvalue weighted by atomic mass is 16.6. The summed E-state index contributed by atoms with van der Waals surface area (Å²) in [4.78, 5) is 0. The van der Waals surface area contributed by atoms with Gasteiger partial charge in [0.05, 0.1) is 25.9 Å². The fourth-order valence-corrected chi connectivity index (χ4v) is 2.76. The molecule has 2 unspecified atom stereocenters. The average molecular weight is 280 g/mol. The van der Waals surface area contributed by atoms with E-state index in [9.17, 15) is 10.2 Å². The summed E-state index contributed by atoms with van der Waals surface area (Å²) in [6.07, 6.45) is -3.23. The molecule has 1 aromatic rings. The third-order valence-corrected chi connectivity index (χ3v) is 4.01. The predicted octanol–water partition coefficient (Wildman–Crippen LogP) is 0.611. The van der Waals surface area contributed by atoms with Gasteiger partial charge in [0.15, 0.2) is 0 Å². The van der Waals surface area contributed by atoms with Crippen LogP contribution in [0.4, 0.5) is 0 Å². The Bertz CT molecular complexity index is 463. The number of hydrogen-bond acceptors (Lipinski definition) is 5. The van der Waals surface area contributed by atoms with E-state index in [0.29, 0.717) is 13.2 Å². The Balaban J connectivity index is 1.86. The Morgan fingerprint density at radius 3 is 2.50 bits per heavy atom. The number of ether oxygens (including phenoxy) is 3. The first-order chi connectivity index (χ1) is 9.66. The van der Waals surface area contributed by atoms with E-state index in [-0.39, 0.29) is 12.7 Å². The summed E-state index contributed by atoms with van der Waals surface area (Å²) in [5.41, 5.74) is 2.08. The Labute approximate surface area is 118 Å². The van der Waals surface area contributed by atoms with Gasteiger partial charge in [-0.05, 0) is 18.1 Å². The van der Waals surface area contributed by atoms with Gasteiger partial charge in [-0.15, -0.1) is 0 Å². The molecule has 20 heavy (non-hydrogen) atoms. The van der Waals surface area contributed by atoms with Crippen molar-refractivity contribution in [3.8, 4) is 0 Å². The summed E-state index contributed by atoms with van der Waals surface area (Å²) in [7, 11) is 0. The molecule has 1 saturated heterocycles. The Morgan fingerprint density at radius 1 is 1.05 bits per heavy atom. The lowest BCUT2D eigenvalue weighted by Crippen LogP contribution is -2.58. The third-order valence-electron chi connectivity index (χ3n) is 4.01. The van der Waals surface area contributed by atoms with Gasteiger partial charge < -0.3 is 24.4 Å². The van der Waals surface area contributed by atoms with Gasteiger partial charge in [0.25, 0.3) is 0 Å². The second-order valence-electron chi connectivity index (χ2n) is 5.42. The molecule has 0 aromatic heterocycles. The van der Waals surface area contributed by atoms with Gasteiger partial charge in [0.2, 0.25) is 0 Å². The normalized spacial score (nSPS) is 38.0. The fourth-order valence-electron chi connectivity index (χ4n) is 2.76. The molecule has 0 amide bonds. The lowest BCUT2D eigenvalue weighted by molar-refractivity contribution is -0.244. The van der Waals surface area contributed by atoms with Crippen molar-refractivity contribution in [2.45, 2.75) is 50.7 Å². The van der Waals surface area contributed by atoms with Crippen molar-refractivity contribution < 1.29 is 24.4 Å². The van der Waals surface area contributed by atoms with Crippen LogP contribution in [0.2, 0.25) is 0 Å². The van der Waals surface area contributed by atoms with Crippen LogP contribution in [0.25, 0.3) is 0 Å². The first-order valence-electron chi connectivity index (χ1n) is 6.94. The highest BCUT2D eigenvalue weighted by molar-refractivity contribution is 5.26. The number of benzene rings is 1. The molecule has 3 rings (SSSR count). The fraction of sp³-hybridized carbons (Fsp3) is 0.600. The van der Waals surface area contributed by atoms with Crippen molar-refractivity contribution in [3.05, 3.63) is 35.4 Å². The molecule has 2 N–H and O–H groups in total. The van der Waals surface area contributed by atoms with Gasteiger partial charge in [0.1, 0.15) is 24.4 Å². The lowest BCUT2D eigenvalue weighted by Gasteiger charge is -2.42. The van der Waals surface area contributed by atoms with Crippen molar-refractivity contribution >= 4 is 0 Å². The lowest BCUT2D eigenvalue weighted by atomic mass is 9.95. The predicted molar refractivity (Wildman–Crippen MR) is 71.0 cm³/mol. The minimum absolute atomic E-state index is 0.284. The summed E-state index contributed by atoms with van der Waals surface area (Å²) >= 11 is 0. The molecular formula is C15H20O5. The maximum atomic E-state index is 10.3. The summed E-state index contributed by atoms with van der Waals surface area (Å²) in [6, 6.07) is 7.86. The molecule has 1 fully saturated rings. The van der Waals surface area contributed by atoms with Gasteiger partial charge in [-0.3, -0.25) is 0 Å². The minimum atomic E-state index is -0.883. The average Bonchev–Trinajstić information content (AvgIpc) is 2.45. The van der Waals surface area contributed by atoms with Gasteiger partial charge in [-0.2, -0.15) is 0 Å². The van der Waals surface area contributed by atoms with Gasteiger partial charge in [-0.25, -0.2) is 0 Å². The van der Waals surface area contributed by atoms with Crippen LogP contribution in [0, 0.1) is 0 Å². The van der Waals surface area contributed by atoms with E-state index < -0.39 is 24.4 Å². The number of hydrogen-bond donors (Lipinski definition) is 2. The maximum Gasteiger partial charge on any atom is 0.115 e. The third kappa shape index (κ3) is 2.60. The van der Waals surface area contributed by atoms with Crippen molar-refractivity contribution in [3.63, 3.8) is 0 Å². The summed E-state index contributed by atoms with van der Waals surface area (Å²) in [6.45, 7) is 2.87. The van der Waals surface area contributed by atoms with Crippen LogP contribution in [0.1, 0.15) is 18.1 Å². The van der Waals surface area contributed by atoms with Crippen LogP contribution >= 0.6 is 0 Å². The molecule has 2 aliphatic rings. The molecule has 1 aromatic carbocycles. The van der Waals surface area contributed by atoms with Crippen LogP contribution in [-0.4, -0.2) is 47.3 Å². The highest BCUT2D eigenvalue weighted by Gasteiger charge is 2.43. The van der Waals surface area contributed by atoms with Crippen LogP contribution in [0.3, 0.4) is 0 Å². The summed E-state index contributed by atoms with van der Waals surface area (Å²) < 4.78 is 17.0. The van der Waals surface area contributed by atoms with Gasteiger partial charge >= 0.3 is 0 Å². The van der Waals surface area contributed by atoms with E-state index in [2.05, 4.69) is 0 Å². The second-order valence-corrected chi connectivity index (χ2v) is 5.42. The number of rotatable bonds is 0. The molecule has 2 aliphatic heterocycles. The molecule has 0 saturated carbocycles. The van der Waals surface area contributed by atoms with E-state index >= 15 is 0 Å².